The number of hydrogen-bond acceptors (Lipinski definition) is 2. The lowest BCUT2D eigenvalue weighted by Crippen LogP contribution is -2.08. The van der Waals surface area contributed by atoms with E-state index >= 15 is 0 Å². The van der Waals surface area contributed by atoms with Gasteiger partial charge in [-0.15, -0.1) is 0 Å². The van der Waals surface area contributed by atoms with Crippen molar-refractivity contribution in [2.45, 2.75) is 12.8 Å². The van der Waals surface area contributed by atoms with Gasteiger partial charge in [0.05, 0.1) is 0 Å². The molecular weight excluding hydrogens is 154 g/mol. The molecule has 1 saturated heterocycles. The van der Waals surface area contributed by atoms with Crippen LogP contribution in [-0.4, -0.2) is 25.1 Å². The zero-order chi connectivity index (χ0) is 7.94. The number of nitrogens with one attached hydrogen (secondary N) is 1. The van der Waals surface area contributed by atoms with Crippen LogP contribution in [0.15, 0.2) is 12.2 Å². The Morgan fingerprint density at radius 3 is 2.82 bits per heavy atom. The Morgan fingerprint density at radius 1 is 1.45 bits per heavy atom. The fourth-order valence-corrected chi connectivity index (χ4v) is 2.43. The van der Waals surface area contributed by atoms with Gasteiger partial charge in [-0.2, -0.15) is 11.8 Å². The second-order valence-electron chi connectivity index (χ2n) is 2.94. The predicted octanol–water partition coefficient (Wildman–Crippen LogP) is 1.91. The molecule has 1 N–H and O–H groups in total. The van der Waals surface area contributed by atoms with Gasteiger partial charge in [-0.1, -0.05) is 12.2 Å². The molecule has 0 unspecified atom stereocenters. The molecule has 0 atom stereocenters. The number of hydrogen-bond donors (Lipinski definition) is 1. The van der Waals surface area contributed by atoms with Gasteiger partial charge in [0.25, 0.3) is 0 Å². The predicted molar refractivity (Wildman–Crippen MR) is 53.1 cm³/mol. The minimum Gasteiger partial charge on any atom is -0.316 e. The molecule has 1 aliphatic heterocycles. The highest BCUT2D eigenvalue weighted by Gasteiger charge is 2.09. The lowest BCUT2D eigenvalue weighted by molar-refractivity contribution is 0.600. The third-order valence-electron chi connectivity index (χ3n) is 2.00. The van der Waals surface area contributed by atoms with E-state index in [1.807, 2.05) is 7.05 Å². The van der Waals surface area contributed by atoms with E-state index < -0.39 is 0 Å². The summed E-state index contributed by atoms with van der Waals surface area (Å²) in [5.41, 5.74) is 0. The van der Waals surface area contributed by atoms with Gasteiger partial charge < -0.3 is 5.32 Å². The number of likely N-dealkylation sites (N-methyl/N-ethyl adjacent to an activating group) is 1. The first-order valence-corrected chi connectivity index (χ1v) is 5.48. The largest absolute Gasteiger partial charge is 0.316 e. The third-order valence-corrected chi connectivity index (χ3v) is 3.04. The maximum absolute atomic E-state index is 3.12. The number of rotatable bonds is 3. The lowest BCUT2D eigenvalue weighted by Gasteiger charge is -2.17. The molecule has 1 fully saturated rings. The quantitative estimate of drug-likeness (QED) is 0.651. The molecule has 0 bridgehead atoms. The summed E-state index contributed by atoms with van der Waals surface area (Å²) in [4.78, 5) is 0. The van der Waals surface area contributed by atoms with Crippen LogP contribution in [0, 0.1) is 5.92 Å². The summed E-state index contributed by atoms with van der Waals surface area (Å²) in [7, 11) is 1.99. The summed E-state index contributed by atoms with van der Waals surface area (Å²) in [6, 6.07) is 0. The van der Waals surface area contributed by atoms with E-state index in [2.05, 4.69) is 29.2 Å². The van der Waals surface area contributed by atoms with E-state index in [1.165, 1.54) is 24.3 Å². The SMILES string of the molecule is CNC/C=C/C1CCSCC1. The summed E-state index contributed by atoms with van der Waals surface area (Å²) in [6.07, 6.45) is 7.38. The zero-order valence-electron chi connectivity index (χ0n) is 7.18. The van der Waals surface area contributed by atoms with Crippen LogP contribution in [-0.2, 0) is 0 Å². The van der Waals surface area contributed by atoms with Gasteiger partial charge in [-0.05, 0) is 37.3 Å². The fourth-order valence-electron chi connectivity index (χ4n) is 1.29. The van der Waals surface area contributed by atoms with Gasteiger partial charge in [0.1, 0.15) is 0 Å². The molecule has 0 saturated carbocycles. The summed E-state index contributed by atoms with van der Waals surface area (Å²) in [5, 5.41) is 3.12. The zero-order valence-corrected chi connectivity index (χ0v) is 7.99. The second kappa shape index (κ2) is 5.67. The minimum absolute atomic E-state index is 0.865. The van der Waals surface area contributed by atoms with E-state index in [4.69, 9.17) is 0 Å². The van der Waals surface area contributed by atoms with Gasteiger partial charge >= 0.3 is 0 Å². The van der Waals surface area contributed by atoms with Crippen LogP contribution in [0.1, 0.15) is 12.8 Å². The van der Waals surface area contributed by atoms with E-state index in [0.29, 0.717) is 0 Å². The van der Waals surface area contributed by atoms with Gasteiger partial charge in [-0.25, -0.2) is 0 Å². The van der Waals surface area contributed by atoms with Crippen LogP contribution in [0.3, 0.4) is 0 Å². The third kappa shape index (κ3) is 3.82. The van der Waals surface area contributed by atoms with Crippen molar-refractivity contribution in [3.05, 3.63) is 12.2 Å². The first kappa shape index (κ1) is 9.14. The maximum Gasteiger partial charge on any atom is 0.0131 e. The van der Waals surface area contributed by atoms with Gasteiger partial charge in [0.15, 0.2) is 0 Å². The highest BCUT2D eigenvalue weighted by atomic mass is 32.2. The van der Waals surface area contributed by atoms with Crippen LogP contribution in [0.25, 0.3) is 0 Å². The van der Waals surface area contributed by atoms with Crippen molar-refractivity contribution in [2.24, 2.45) is 5.92 Å². The van der Waals surface area contributed by atoms with Crippen LogP contribution >= 0.6 is 11.8 Å². The Morgan fingerprint density at radius 2 is 2.18 bits per heavy atom. The Balaban J connectivity index is 2.13. The summed E-state index contributed by atoms with van der Waals surface area (Å²) in [6.45, 7) is 1.02. The molecule has 0 spiro atoms. The molecule has 1 nitrogen and oxygen atoms in total. The smallest absolute Gasteiger partial charge is 0.0131 e. The molecule has 0 aromatic carbocycles. The molecule has 0 aromatic heterocycles. The topological polar surface area (TPSA) is 12.0 Å². The van der Waals surface area contributed by atoms with Gasteiger partial charge in [-0.3, -0.25) is 0 Å². The maximum atomic E-state index is 3.12. The van der Waals surface area contributed by atoms with E-state index in [-0.39, 0.29) is 0 Å². The molecule has 11 heavy (non-hydrogen) atoms. The molecule has 0 aromatic rings. The van der Waals surface area contributed by atoms with Gasteiger partial charge in [0.2, 0.25) is 0 Å². The van der Waals surface area contributed by atoms with Crippen LogP contribution in [0.4, 0.5) is 0 Å². The van der Waals surface area contributed by atoms with E-state index in [0.717, 1.165) is 12.5 Å². The van der Waals surface area contributed by atoms with Crippen molar-refractivity contribution in [3.8, 4) is 0 Å². The molecule has 1 rings (SSSR count). The normalized spacial score (nSPS) is 21.2. The minimum atomic E-state index is 0.865. The first-order valence-electron chi connectivity index (χ1n) is 4.32. The average Bonchev–Trinajstić information content (AvgIpc) is 2.07. The van der Waals surface area contributed by atoms with E-state index in [9.17, 15) is 0 Å². The molecule has 0 amide bonds. The van der Waals surface area contributed by atoms with Crippen molar-refractivity contribution < 1.29 is 0 Å². The molecule has 1 aliphatic rings. The van der Waals surface area contributed by atoms with Crippen molar-refractivity contribution in [1.29, 1.82) is 0 Å². The van der Waals surface area contributed by atoms with Crippen molar-refractivity contribution >= 4 is 11.8 Å². The highest BCUT2D eigenvalue weighted by Crippen LogP contribution is 2.23. The Kier molecular flexibility index (Phi) is 4.71. The van der Waals surface area contributed by atoms with Gasteiger partial charge in [0, 0.05) is 6.54 Å². The monoisotopic (exact) mass is 171 g/mol. The van der Waals surface area contributed by atoms with Crippen molar-refractivity contribution in [2.75, 3.05) is 25.1 Å². The molecule has 2 heteroatoms. The Labute approximate surface area is 73.6 Å². The summed E-state index contributed by atoms with van der Waals surface area (Å²) < 4.78 is 0. The second-order valence-corrected chi connectivity index (χ2v) is 4.16. The molecule has 1 heterocycles. The van der Waals surface area contributed by atoms with Crippen molar-refractivity contribution in [1.82, 2.24) is 5.32 Å². The number of thioether (sulfide) groups is 1. The standard InChI is InChI=1S/C9H17NS/c1-10-6-2-3-9-4-7-11-8-5-9/h2-3,9-10H,4-8H2,1H3/b3-2+. The lowest BCUT2D eigenvalue weighted by atomic mass is 10.0. The van der Waals surface area contributed by atoms with Crippen molar-refractivity contribution in [3.63, 3.8) is 0 Å². The van der Waals surface area contributed by atoms with Crippen LogP contribution in [0.5, 0.6) is 0 Å². The highest BCUT2D eigenvalue weighted by molar-refractivity contribution is 7.99. The Hall–Kier alpha value is 0.0500. The summed E-state index contributed by atoms with van der Waals surface area (Å²) >= 11 is 2.09. The van der Waals surface area contributed by atoms with E-state index in [1.54, 1.807) is 0 Å². The van der Waals surface area contributed by atoms with Crippen LogP contribution in [0.2, 0.25) is 0 Å². The Bertz CT molecular complexity index is 117. The average molecular weight is 171 g/mol. The molecular formula is C9H17NS. The number of allylic oxidation sites excluding steroid dienone is 1. The first-order chi connectivity index (χ1) is 5.43. The van der Waals surface area contributed by atoms with Crippen LogP contribution < -0.4 is 5.32 Å². The molecule has 0 aliphatic carbocycles. The summed E-state index contributed by atoms with van der Waals surface area (Å²) in [5.74, 6) is 3.58. The fraction of sp³-hybridized carbons (Fsp3) is 0.778. The molecule has 64 valence electrons. The molecule has 0 radical (unpaired) electrons.